The first-order chi connectivity index (χ1) is 25.4. The zero-order valence-electron chi connectivity index (χ0n) is 29.0. The van der Waals surface area contributed by atoms with Crippen molar-refractivity contribution in [3.63, 3.8) is 0 Å². The third kappa shape index (κ3) is 5.72. The molecular formula is C47H37NO3P+. The Balaban J connectivity index is 1.13. The standard InChI is InChI=1S/C47H37NO3P/c1-47(2,34-16-7-3-8-17-34)35-26-28-37(29-27-35)51-38-30-31-43-44(33-38)46(50)48(45(43)49)36-18-15-25-42(32-36)52(39-19-9-4-10-20-39,40-21-11-5-12-22-40)41-23-13-6-14-24-41/h3-33H,1-2H3/q+1. The van der Waals surface area contributed by atoms with Crippen LogP contribution in [0.3, 0.4) is 0 Å². The van der Waals surface area contributed by atoms with Crippen molar-refractivity contribution in [3.05, 3.63) is 210 Å². The van der Waals surface area contributed by atoms with Gasteiger partial charge >= 0.3 is 0 Å². The van der Waals surface area contributed by atoms with E-state index in [1.54, 1.807) is 18.2 Å². The number of carbonyl (C=O) groups is 2. The molecule has 0 bridgehead atoms. The van der Waals surface area contributed by atoms with Crippen molar-refractivity contribution in [2.24, 2.45) is 0 Å². The van der Waals surface area contributed by atoms with E-state index in [-0.39, 0.29) is 17.2 Å². The number of ether oxygens (including phenoxy) is 1. The topological polar surface area (TPSA) is 46.6 Å². The van der Waals surface area contributed by atoms with Crippen molar-refractivity contribution >= 4 is 46.0 Å². The third-order valence-corrected chi connectivity index (χ3v) is 14.3. The second kappa shape index (κ2) is 13.6. The number of hydrogen-bond donors (Lipinski definition) is 0. The molecule has 0 unspecified atom stereocenters. The van der Waals surface area contributed by atoms with Gasteiger partial charge in [0, 0.05) is 11.5 Å². The monoisotopic (exact) mass is 694 g/mol. The molecule has 0 spiro atoms. The first-order valence-corrected chi connectivity index (χ1v) is 19.2. The Morgan fingerprint density at radius 1 is 0.442 bits per heavy atom. The van der Waals surface area contributed by atoms with Crippen LogP contribution in [0.1, 0.15) is 45.7 Å². The minimum Gasteiger partial charge on any atom is -0.457 e. The molecule has 2 amide bonds. The summed E-state index contributed by atoms with van der Waals surface area (Å²) in [6, 6.07) is 63.1. The Morgan fingerprint density at radius 3 is 1.46 bits per heavy atom. The summed E-state index contributed by atoms with van der Waals surface area (Å²) in [6.45, 7) is 4.41. The van der Waals surface area contributed by atoms with Crippen molar-refractivity contribution in [1.82, 2.24) is 0 Å². The van der Waals surface area contributed by atoms with Gasteiger partial charge in [-0.1, -0.05) is 117 Å². The SMILES string of the molecule is CC(C)(c1ccccc1)c1ccc(Oc2ccc3c(c2)C(=O)N(c2cccc([P+](c4ccccc4)(c4ccccc4)c4ccccc4)c2)C3=O)cc1. The number of nitrogens with zero attached hydrogens (tertiary/aromatic N) is 1. The molecule has 0 atom stereocenters. The van der Waals surface area contributed by atoms with Gasteiger partial charge in [-0.15, -0.1) is 0 Å². The highest BCUT2D eigenvalue weighted by Gasteiger charge is 2.48. The molecule has 1 aliphatic heterocycles. The summed E-state index contributed by atoms with van der Waals surface area (Å²) in [6.07, 6.45) is 0. The Hall–Kier alpha value is -6.09. The van der Waals surface area contributed by atoms with Crippen LogP contribution < -0.4 is 30.9 Å². The second-order valence-corrected chi connectivity index (χ2v) is 16.9. The van der Waals surface area contributed by atoms with Crippen molar-refractivity contribution < 1.29 is 14.3 Å². The quantitative estimate of drug-likeness (QED) is 0.112. The number of imide groups is 1. The van der Waals surface area contributed by atoms with Gasteiger partial charge < -0.3 is 4.74 Å². The summed E-state index contributed by atoms with van der Waals surface area (Å²) in [5, 5.41) is 4.61. The van der Waals surface area contributed by atoms with E-state index in [0.29, 0.717) is 28.3 Å². The number of rotatable bonds is 9. The molecule has 0 N–H and O–H groups in total. The van der Waals surface area contributed by atoms with Crippen LogP contribution in [0.15, 0.2) is 188 Å². The molecule has 0 aliphatic carbocycles. The number of anilines is 1. The fourth-order valence-corrected chi connectivity index (χ4v) is 11.6. The first kappa shape index (κ1) is 33.1. The minimum atomic E-state index is -2.43. The minimum absolute atomic E-state index is 0.175. The van der Waals surface area contributed by atoms with E-state index in [0.717, 1.165) is 10.9 Å². The average molecular weight is 695 g/mol. The normalized spacial score (nSPS) is 12.8. The van der Waals surface area contributed by atoms with Gasteiger partial charge in [-0.25, -0.2) is 4.90 Å². The highest BCUT2D eigenvalue weighted by molar-refractivity contribution is 8.01. The number of hydrogen-bond acceptors (Lipinski definition) is 3. The fourth-order valence-electron chi connectivity index (χ4n) is 7.31. The maximum atomic E-state index is 14.1. The average Bonchev–Trinajstić information content (AvgIpc) is 3.45. The van der Waals surface area contributed by atoms with Gasteiger partial charge in [0.05, 0.1) is 16.8 Å². The van der Waals surface area contributed by atoms with E-state index >= 15 is 0 Å². The van der Waals surface area contributed by atoms with E-state index in [2.05, 4.69) is 129 Å². The summed E-state index contributed by atoms with van der Waals surface area (Å²) < 4.78 is 6.23. The number of carbonyl (C=O) groups excluding carboxylic acids is 2. The van der Waals surface area contributed by atoms with Crippen molar-refractivity contribution in [2.75, 3.05) is 4.90 Å². The largest absolute Gasteiger partial charge is 0.457 e. The van der Waals surface area contributed by atoms with Gasteiger partial charge in [0.25, 0.3) is 11.8 Å². The third-order valence-electron chi connectivity index (χ3n) is 10.1. The predicted molar refractivity (Wildman–Crippen MR) is 214 cm³/mol. The molecular weight excluding hydrogens is 657 g/mol. The zero-order chi connectivity index (χ0) is 35.7. The van der Waals surface area contributed by atoms with Crippen molar-refractivity contribution in [1.29, 1.82) is 0 Å². The molecule has 252 valence electrons. The van der Waals surface area contributed by atoms with Crippen LogP contribution in [-0.4, -0.2) is 11.8 Å². The van der Waals surface area contributed by atoms with Gasteiger partial charge in [0.15, 0.2) is 0 Å². The zero-order valence-corrected chi connectivity index (χ0v) is 29.9. The van der Waals surface area contributed by atoms with E-state index in [1.807, 2.05) is 54.6 Å². The Bertz CT molecular complexity index is 2280. The first-order valence-electron chi connectivity index (χ1n) is 17.4. The summed E-state index contributed by atoms with van der Waals surface area (Å²) in [7, 11) is -2.43. The highest BCUT2D eigenvalue weighted by atomic mass is 31.2. The number of benzene rings is 7. The molecule has 0 fully saturated rings. The van der Waals surface area contributed by atoms with Crippen LogP contribution in [0.2, 0.25) is 0 Å². The van der Waals surface area contributed by atoms with Crippen LogP contribution in [0, 0.1) is 0 Å². The van der Waals surface area contributed by atoms with Gasteiger partial charge in [0.2, 0.25) is 0 Å². The summed E-state index contributed by atoms with van der Waals surface area (Å²) >= 11 is 0. The van der Waals surface area contributed by atoms with Gasteiger partial charge in [-0.2, -0.15) is 0 Å². The summed E-state index contributed by atoms with van der Waals surface area (Å²) in [4.78, 5) is 29.4. The van der Waals surface area contributed by atoms with Crippen LogP contribution >= 0.6 is 7.26 Å². The molecule has 5 heteroatoms. The lowest BCUT2D eigenvalue weighted by atomic mass is 9.78. The van der Waals surface area contributed by atoms with Gasteiger partial charge in [-0.3, -0.25) is 9.59 Å². The lowest BCUT2D eigenvalue weighted by molar-refractivity contribution is 0.0926. The molecule has 0 saturated carbocycles. The molecule has 7 aromatic rings. The van der Waals surface area contributed by atoms with Crippen LogP contribution in [0.5, 0.6) is 11.5 Å². The molecule has 0 saturated heterocycles. The van der Waals surface area contributed by atoms with E-state index < -0.39 is 7.26 Å². The lowest BCUT2D eigenvalue weighted by Crippen LogP contribution is -2.39. The number of fused-ring (bicyclic) bond motifs is 1. The van der Waals surface area contributed by atoms with Crippen LogP contribution in [0.25, 0.3) is 0 Å². The smallest absolute Gasteiger partial charge is 0.266 e. The van der Waals surface area contributed by atoms with Gasteiger partial charge in [-0.05, 0) is 90.0 Å². The van der Waals surface area contributed by atoms with Gasteiger partial charge in [0.1, 0.15) is 40.0 Å². The number of amides is 2. The molecule has 8 rings (SSSR count). The highest BCUT2D eigenvalue weighted by Crippen LogP contribution is 2.54. The van der Waals surface area contributed by atoms with Crippen molar-refractivity contribution in [2.45, 2.75) is 19.3 Å². The van der Waals surface area contributed by atoms with Crippen LogP contribution in [0.4, 0.5) is 5.69 Å². The molecule has 7 aromatic carbocycles. The maximum Gasteiger partial charge on any atom is 0.266 e. The van der Waals surface area contributed by atoms with E-state index in [4.69, 9.17) is 4.74 Å². The fraction of sp³-hybridized carbons (Fsp3) is 0.0638. The van der Waals surface area contributed by atoms with Crippen molar-refractivity contribution in [3.8, 4) is 11.5 Å². The molecule has 0 radical (unpaired) electrons. The Labute approximate surface area is 305 Å². The predicted octanol–water partition coefficient (Wildman–Crippen LogP) is 9.22. The maximum absolute atomic E-state index is 14.1. The molecule has 4 nitrogen and oxygen atoms in total. The summed E-state index contributed by atoms with van der Waals surface area (Å²) in [5.41, 5.74) is 3.44. The molecule has 52 heavy (non-hydrogen) atoms. The van der Waals surface area contributed by atoms with E-state index in [9.17, 15) is 9.59 Å². The molecule has 0 aromatic heterocycles. The second-order valence-electron chi connectivity index (χ2n) is 13.5. The summed E-state index contributed by atoms with van der Waals surface area (Å²) in [5.74, 6) is 0.426. The van der Waals surface area contributed by atoms with E-state index in [1.165, 1.54) is 26.4 Å². The Morgan fingerprint density at radius 2 is 0.904 bits per heavy atom. The lowest BCUT2D eigenvalue weighted by Gasteiger charge is -2.28. The Kier molecular flexibility index (Phi) is 8.63. The molecule has 1 aliphatic rings. The molecule has 1 heterocycles. The van der Waals surface area contributed by atoms with Crippen LogP contribution in [-0.2, 0) is 5.41 Å².